The molecule has 0 aliphatic rings. The molecular formula is C14H11BrO2. The van der Waals surface area contributed by atoms with Crippen molar-refractivity contribution in [1.29, 1.82) is 0 Å². The number of alkyl halides is 1. The molecule has 0 aliphatic heterocycles. The van der Waals surface area contributed by atoms with Crippen molar-refractivity contribution in [3.05, 3.63) is 65.7 Å². The molecule has 0 saturated heterocycles. The number of carbonyl (C=O) groups is 1. The van der Waals surface area contributed by atoms with Gasteiger partial charge in [0.15, 0.2) is 0 Å². The Morgan fingerprint density at radius 3 is 2.53 bits per heavy atom. The summed E-state index contributed by atoms with van der Waals surface area (Å²) in [6.07, 6.45) is 0. The molecule has 2 nitrogen and oxygen atoms in total. The monoisotopic (exact) mass is 290 g/mol. The number of ether oxygens (including phenoxy) is 1. The fourth-order valence-electron chi connectivity index (χ4n) is 1.43. The van der Waals surface area contributed by atoms with E-state index in [1.807, 2.05) is 36.4 Å². The van der Waals surface area contributed by atoms with Gasteiger partial charge in [0.25, 0.3) is 0 Å². The van der Waals surface area contributed by atoms with Crippen LogP contribution in [0.4, 0.5) is 0 Å². The van der Waals surface area contributed by atoms with E-state index in [1.54, 1.807) is 18.2 Å². The maximum absolute atomic E-state index is 11.8. The van der Waals surface area contributed by atoms with Crippen LogP contribution in [0.5, 0.6) is 5.75 Å². The van der Waals surface area contributed by atoms with Crippen molar-refractivity contribution in [3.63, 3.8) is 0 Å². The molecule has 17 heavy (non-hydrogen) atoms. The van der Waals surface area contributed by atoms with Crippen molar-refractivity contribution in [2.45, 2.75) is 5.33 Å². The largest absolute Gasteiger partial charge is 0.423 e. The lowest BCUT2D eigenvalue weighted by molar-refractivity contribution is 0.0734. The van der Waals surface area contributed by atoms with Crippen molar-refractivity contribution in [3.8, 4) is 5.75 Å². The van der Waals surface area contributed by atoms with E-state index in [9.17, 15) is 4.79 Å². The van der Waals surface area contributed by atoms with Gasteiger partial charge in [0.1, 0.15) is 5.75 Å². The second kappa shape index (κ2) is 5.64. The average Bonchev–Trinajstić information content (AvgIpc) is 2.40. The van der Waals surface area contributed by atoms with Crippen molar-refractivity contribution >= 4 is 21.9 Å². The van der Waals surface area contributed by atoms with E-state index >= 15 is 0 Å². The van der Waals surface area contributed by atoms with E-state index in [4.69, 9.17) is 4.74 Å². The zero-order chi connectivity index (χ0) is 12.1. The molecule has 0 heterocycles. The molecule has 0 fully saturated rings. The van der Waals surface area contributed by atoms with Crippen LogP contribution in [-0.4, -0.2) is 5.97 Å². The highest BCUT2D eigenvalue weighted by atomic mass is 79.9. The van der Waals surface area contributed by atoms with Gasteiger partial charge in [-0.05, 0) is 29.8 Å². The van der Waals surface area contributed by atoms with Crippen molar-refractivity contribution < 1.29 is 9.53 Å². The lowest BCUT2D eigenvalue weighted by Crippen LogP contribution is -2.08. The third-order valence-corrected chi connectivity index (χ3v) is 2.92. The molecule has 2 aromatic carbocycles. The molecule has 2 aromatic rings. The van der Waals surface area contributed by atoms with E-state index in [2.05, 4.69) is 15.9 Å². The SMILES string of the molecule is O=C(Oc1cccc(CBr)c1)c1ccccc1. The van der Waals surface area contributed by atoms with Gasteiger partial charge in [-0.15, -0.1) is 0 Å². The number of esters is 1. The number of hydrogen-bond donors (Lipinski definition) is 0. The lowest BCUT2D eigenvalue weighted by atomic mass is 10.2. The van der Waals surface area contributed by atoms with Crippen LogP contribution in [0, 0.1) is 0 Å². The highest BCUT2D eigenvalue weighted by molar-refractivity contribution is 9.08. The Hall–Kier alpha value is -1.61. The molecule has 86 valence electrons. The van der Waals surface area contributed by atoms with Gasteiger partial charge in [-0.3, -0.25) is 0 Å². The standard InChI is InChI=1S/C14H11BrO2/c15-10-11-5-4-8-13(9-11)17-14(16)12-6-2-1-3-7-12/h1-9H,10H2. The maximum Gasteiger partial charge on any atom is 0.343 e. The van der Waals surface area contributed by atoms with Gasteiger partial charge in [0.2, 0.25) is 0 Å². The van der Waals surface area contributed by atoms with Crippen LogP contribution in [0.15, 0.2) is 54.6 Å². The Morgan fingerprint density at radius 2 is 1.82 bits per heavy atom. The quantitative estimate of drug-likeness (QED) is 0.488. The minimum atomic E-state index is -0.336. The lowest BCUT2D eigenvalue weighted by Gasteiger charge is -2.05. The highest BCUT2D eigenvalue weighted by Crippen LogP contribution is 2.16. The average molecular weight is 291 g/mol. The van der Waals surface area contributed by atoms with Gasteiger partial charge in [-0.1, -0.05) is 46.3 Å². The molecule has 0 amide bonds. The number of rotatable bonds is 3. The molecule has 0 aliphatic carbocycles. The summed E-state index contributed by atoms with van der Waals surface area (Å²) in [7, 11) is 0. The predicted molar refractivity (Wildman–Crippen MR) is 70.5 cm³/mol. The van der Waals surface area contributed by atoms with E-state index in [-0.39, 0.29) is 5.97 Å². The normalized spacial score (nSPS) is 9.94. The van der Waals surface area contributed by atoms with Crippen molar-refractivity contribution in [2.24, 2.45) is 0 Å². The van der Waals surface area contributed by atoms with Gasteiger partial charge in [-0.25, -0.2) is 4.79 Å². The molecular weight excluding hydrogens is 280 g/mol. The van der Waals surface area contributed by atoms with Crippen molar-refractivity contribution in [1.82, 2.24) is 0 Å². The van der Waals surface area contributed by atoms with Gasteiger partial charge in [0.05, 0.1) is 5.56 Å². The summed E-state index contributed by atoms with van der Waals surface area (Å²) in [5.41, 5.74) is 1.63. The first kappa shape index (κ1) is 11.9. The second-order valence-electron chi connectivity index (χ2n) is 3.54. The van der Waals surface area contributed by atoms with Crippen LogP contribution in [0.25, 0.3) is 0 Å². The van der Waals surface area contributed by atoms with Gasteiger partial charge in [0, 0.05) is 5.33 Å². The van der Waals surface area contributed by atoms with Crippen LogP contribution >= 0.6 is 15.9 Å². The molecule has 2 rings (SSSR count). The maximum atomic E-state index is 11.8. The van der Waals surface area contributed by atoms with Crippen LogP contribution in [0.2, 0.25) is 0 Å². The second-order valence-corrected chi connectivity index (χ2v) is 4.10. The third kappa shape index (κ3) is 3.17. The minimum absolute atomic E-state index is 0.336. The smallest absolute Gasteiger partial charge is 0.343 e. The van der Waals surface area contributed by atoms with Gasteiger partial charge >= 0.3 is 5.97 Å². The first-order valence-corrected chi connectivity index (χ1v) is 6.34. The van der Waals surface area contributed by atoms with Gasteiger partial charge < -0.3 is 4.74 Å². The molecule has 0 radical (unpaired) electrons. The van der Waals surface area contributed by atoms with E-state index < -0.39 is 0 Å². The van der Waals surface area contributed by atoms with E-state index in [0.717, 1.165) is 10.9 Å². The Bertz CT molecular complexity index is 509. The first-order valence-electron chi connectivity index (χ1n) is 5.22. The molecule has 0 unspecified atom stereocenters. The van der Waals surface area contributed by atoms with E-state index in [0.29, 0.717) is 11.3 Å². The predicted octanol–water partition coefficient (Wildman–Crippen LogP) is 3.80. The summed E-state index contributed by atoms with van der Waals surface area (Å²) in [4.78, 5) is 11.8. The van der Waals surface area contributed by atoms with Gasteiger partial charge in [-0.2, -0.15) is 0 Å². The molecule has 0 saturated carbocycles. The number of benzene rings is 2. The molecule has 0 bridgehead atoms. The Balaban J connectivity index is 2.13. The van der Waals surface area contributed by atoms with Crippen LogP contribution in [0.1, 0.15) is 15.9 Å². The molecule has 3 heteroatoms. The third-order valence-electron chi connectivity index (χ3n) is 2.27. The number of hydrogen-bond acceptors (Lipinski definition) is 2. The number of halogens is 1. The summed E-state index contributed by atoms with van der Waals surface area (Å²) in [6.45, 7) is 0. The summed E-state index contributed by atoms with van der Waals surface area (Å²) in [5.74, 6) is 0.230. The minimum Gasteiger partial charge on any atom is -0.423 e. The fraction of sp³-hybridized carbons (Fsp3) is 0.0714. The summed E-state index contributed by atoms with van der Waals surface area (Å²) in [5, 5.41) is 0.740. The van der Waals surface area contributed by atoms with E-state index in [1.165, 1.54) is 0 Å². The molecule has 0 atom stereocenters. The summed E-state index contributed by atoms with van der Waals surface area (Å²) >= 11 is 3.36. The zero-order valence-corrected chi connectivity index (χ0v) is 10.7. The zero-order valence-electron chi connectivity index (χ0n) is 9.10. The first-order chi connectivity index (χ1) is 8.29. The molecule has 0 aromatic heterocycles. The van der Waals surface area contributed by atoms with Crippen LogP contribution in [0.3, 0.4) is 0 Å². The van der Waals surface area contributed by atoms with Crippen LogP contribution in [-0.2, 0) is 5.33 Å². The number of carbonyl (C=O) groups excluding carboxylic acids is 1. The Morgan fingerprint density at radius 1 is 1.06 bits per heavy atom. The summed E-state index contributed by atoms with van der Waals surface area (Å²) in [6, 6.07) is 16.4. The fourth-order valence-corrected chi connectivity index (χ4v) is 1.78. The molecule has 0 N–H and O–H groups in total. The Labute approximate surface area is 108 Å². The topological polar surface area (TPSA) is 26.3 Å². The summed E-state index contributed by atoms with van der Waals surface area (Å²) < 4.78 is 5.28. The highest BCUT2D eigenvalue weighted by Gasteiger charge is 2.07. The van der Waals surface area contributed by atoms with Crippen LogP contribution < -0.4 is 4.74 Å². The van der Waals surface area contributed by atoms with Crippen molar-refractivity contribution in [2.75, 3.05) is 0 Å². The Kier molecular flexibility index (Phi) is 3.94. The molecule has 0 spiro atoms.